The van der Waals surface area contributed by atoms with Crippen molar-refractivity contribution in [3.63, 3.8) is 0 Å². The number of ether oxygens (including phenoxy) is 1. The smallest absolute Gasteiger partial charge is 0.405 e. The Bertz CT molecular complexity index is 619. The summed E-state index contributed by atoms with van der Waals surface area (Å²) in [7, 11) is 0.842. The molecule has 0 aromatic heterocycles. The van der Waals surface area contributed by atoms with E-state index < -0.39 is 31.6 Å². The Balaban J connectivity index is 3.45. The van der Waals surface area contributed by atoms with Crippen LogP contribution in [0.4, 0.5) is 13.2 Å². The summed E-state index contributed by atoms with van der Waals surface area (Å²) in [5, 5.41) is 8.78. The third kappa shape index (κ3) is 3.27. The predicted octanol–water partition coefficient (Wildman–Crippen LogP) is 2.69. The van der Waals surface area contributed by atoms with E-state index in [1.54, 1.807) is 0 Å². The Morgan fingerprint density at radius 3 is 2.33 bits per heavy atom. The summed E-state index contributed by atoms with van der Waals surface area (Å²) in [5.74, 6) is -0.650. The Labute approximate surface area is 105 Å². The molecule has 0 saturated heterocycles. The molecule has 0 saturated carbocycles. The van der Waals surface area contributed by atoms with Gasteiger partial charge >= 0.3 is 6.36 Å². The van der Waals surface area contributed by atoms with Crippen molar-refractivity contribution in [3.05, 3.63) is 23.3 Å². The van der Waals surface area contributed by atoms with E-state index in [4.69, 9.17) is 15.9 Å². The maximum Gasteiger partial charge on any atom is 0.573 e. The lowest BCUT2D eigenvalue weighted by Gasteiger charge is -2.13. The van der Waals surface area contributed by atoms with E-state index >= 15 is 0 Å². The molecule has 0 amide bonds. The van der Waals surface area contributed by atoms with Crippen molar-refractivity contribution >= 4 is 19.7 Å². The van der Waals surface area contributed by atoms with E-state index in [1.807, 2.05) is 0 Å². The van der Waals surface area contributed by atoms with Crippen LogP contribution in [0.3, 0.4) is 0 Å². The van der Waals surface area contributed by atoms with Gasteiger partial charge in [-0.05, 0) is 19.1 Å². The zero-order valence-corrected chi connectivity index (χ0v) is 10.3. The summed E-state index contributed by atoms with van der Waals surface area (Å²) in [6.07, 6.45) is -4.93. The highest BCUT2D eigenvalue weighted by molar-refractivity contribution is 8.13. The van der Waals surface area contributed by atoms with Gasteiger partial charge in [-0.3, -0.25) is 0 Å². The first-order chi connectivity index (χ1) is 8.06. The van der Waals surface area contributed by atoms with Gasteiger partial charge < -0.3 is 4.74 Å². The molecule has 0 atom stereocenters. The number of benzene rings is 1. The lowest BCUT2D eigenvalue weighted by molar-refractivity contribution is -0.274. The summed E-state index contributed by atoms with van der Waals surface area (Å²) in [6, 6.07) is 3.06. The lowest BCUT2D eigenvalue weighted by Crippen LogP contribution is -2.18. The molecule has 0 aliphatic heterocycles. The van der Waals surface area contributed by atoms with Crippen molar-refractivity contribution in [3.8, 4) is 11.8 Å². The SMILES string of the molecule is Cc1c(OC(F)(F)F)ccc(S(=O)(=O)Cl)c1C#N. The monoisotopic (exact) mass is 299 g/mol. The van der Waals surface area contributed by atoms with Gasteiger partial charge in [0, 0.05) is 16.2 Å². The average molecular weight is 300 g/mol. The molecule has 0 spiro atoms. The van der Waals surface area contributed by atoms with Gasteiger partial charge in [0.25, 0.3) is 9.05 Å². The first-order valence-corrected chi connectivity index (χ1v) is 6.61. The summed E-state index contributed by atoms with van der Waals surface area (Å²) >= 11 is 0. The Kier molecular flexibility index (Phi) is 3.78. The normalized spacial score (nSPS) is 12.0. The highest BCUT2D eigenvalue weighted by atomic mass is 35.7. The molecule has 18 heavy (non-hydrogen) atoms. The summed E-state index contributed by atoms with van der Waals surface area (Å²) < 4.78 is 62.0. The quantitative estimate of drug-likeness (QED) is 0.787. The number of rotatable bonds is 2. The zero-order valence-electron chi connectivity index (χ0n) is 8.75. The molecule has 0 aliphatic rings. The van der Waals surface area contributed by atoms with Crippen LogP contribution < -0.4 is 4.74 Å². The van der Waals surface area contributed by atoms with E-state index in [2.05, 4.69) is 4.74 Å². The molecule has 0 aliphatic carbocycles. The molecule has 0 heterocycles. The van der Waals surface area contributed by atoms with E-state index in [-0.39, 0.29) is 5.56 Å². The van der Waals surface area contributed by atoms with Crippen molar-refractivity contribution in [2.45, 2.75) is 18.2 Å². The maximum absolute atomic E-state index is 12.0. The summed E-state index contributed by atoms with van der Waals surface area (Å²) in [5.41, 5.74) is -0.733. The minimum atomic E-state index is -4.93. The van der Waals surface area contributed by atoms with E-state index in [1.165, 1.54) is 6.07 Å². The van der Waals surface area contributed by atoms with Crippen LogP contribution in [0.25, 0.3) is 0 Å². The third-order valence-corrected chi connectivity index (χ3v) is 3.34. The fraction of sp³-hybridized carbons (Fsp3) is 0.222. The molecule has 0 fully saturated rings. The number of nitrogens with zero attached hydrogens (tertiary/aromatic N) is 1. The van der Waals surface area contributed by atoms with Crippen LogP contribution in [-0.4, -0.2) is 14.8 Å². The summed E-state index contributed by atoms with van der Waals surface area (Å²) in [4.78, 5) is -0.557. The molecule has 0 bridgehead atoms. The number of nitriles is 1. The van der Waals surface area contributed by atoms with Crippen molar-refractivity contribution < 1.29 is 26.3 Å². The molecule has 0 unspecified atom stereocenters. The van der Waals surface area contributed by atoms with Gasteiger partial charge in [0.1, 0.15) is 16.7 Å². The Morgan fingerprint density at radius 2 is 1.94 bits per heavy atom. The van der Waals surface area contributed by atoms with Gasteiger partial charge in [0.2, 0.25) is 0 Å². The van der Waals surface area contributed by atoms with Crippen LogP contribution in [0.1, 0.15) is 11.1 Å². The van der Waals surface area contributed by atoms with Gasteiger partial charge in [-0.2, -0.15) is 5.26 Å². The molecule has 4 nitrogen and oxygen atoms in total. The molecule has 0 N–H and O–H groups in total. The lowest BCUT2D eigenvalue weighted by atomic mass is 10.1. The largest absolute Gasteiger partial charge is 0.573 e. The van der Waals surface area contributed by atoms with Crippen LogP contribution in [-0.2, 0) is 9.05 Å². The van der Waals surface area contributed by atoms with Gasteiger partial charge in [-0.1, -0.05) is 0 Å². The van der Waals surface area contributed by atoms with E-state index in [9.17, 15) is 21.6 Å². The fourth-order valence-corrected chi connectivity index (χ4v) is 2.30. The van der Waals surface area contributed by atoms with Gasteiger partial charge in [0.05, 0.1) is 5.56 Å². The second-order valence-corrected chi connectivity index (χ2v) is 5.69. The van der Waals surface area contributed by atoms with Crippen molar-refractivity contribution in [1.29, 1.82) is 5.26 Å². The molecule has 1 aromatic rings. The second kappa shape index (κ2) is 4.66. The molecule has 98 valence electrons. The van der Waals surface area contributed by atoms with E-state index in [0.717, 1.165) is 19.1 Å². The highest BCUT2D eigenvalue weighted by Crippen LogP contribution is 2.32. The average Bonchev–Trinajstić information content (AvgIpc) is 2.17. The maximum atomic E-state index is 12.0. The minimum Gasteiger partial charge on any atom is -0.405 e. The molecular formula is C9H5ClF3NO3S. The fourth-order valence-electron chi connectivity index (χ4n) is 1.25. The van der Waals surface area contributed by atoms with Crippen molar-refractivity contribution in [2.24, 2.45) is 0 Å². The molecule has 0 radical (unpaired) electrons. The molecular weight excluding hydrogens is 295 g/mol. The van der Waals surface area contributed by atoms with Gasteiger partial charge in [-0.25, -0.2) is 8.42 Å². The third-order valence-electron chi connectivity index (χ3n) is 1.98. The van der Waals surface area contributed by atoms with Gasteiger partial charge in [0.15, 0.2) is 0 Å². The van der Waals surface area contributed by atoms with Crippen molar-refractivity contribution in [2.75, 3.05) is 0 Å². The second-order valence-electron chi connectivity index (χ2n) is 3.16. The topological polar surface area (TPSA) is 67.2 Å². The van der Waals surface area contributed by atoms with Crippen LogP contribution in [0.15, 0.2) is 17.0 Å². The number of alkyl halides is 3. The zero-order chi connectivity index (χ0) is 14.1. The van der Waals surface area contributed by atoms with E-state index in [0.29, 0.717) is 0 Å². The predicted molar refractivity (Wildman–Crippen MR) is 55.6 cm³/mol. The minimum absolute atomic E-state index is 0.253. The van der Waals surface area contributed by atoms with Crippen molar-refractivity contribution in [1.82, 2.24) is 0 Å². The van der Waals surface area contributed by atoms with Crippen LogP contribution in [0.2, 0.25) is 0 Å². The van der Waals surface area contributed by atoms with Gasteiger partial charge in [-0.15, -0.1) is 13.2 Å². The summed E-state index contributed by atoms with van der Waals surface area (Å²) in [6.45, 7) is 1.13. The van der Waals surface area contributed by atoms with Crippen LogP contribution in [0, 0.1) is 18.3 Å². The number of halogens is 4. The number of hydrogen-bond donors (Lipinski definition) is 0. The molecule has 1 rings (SSSR count). The number of hydrogen-bond acceptors (Lipinski definition) is 4. The Morgan fingerprint density at radius 1 is 1.39 bits per heavy atom. The Hall–Kier alpha value is -1.46. The first-order valence-electron chi connectivity index (χ1n) is 4.30. The highest BCUT2D eigenvalue weighted by Gasteiger charge is 2.33. The standard InChI is InChI=1S/C9H5ClF3NO3S/c1-5-6(4-14)8(18(10,15)16)3-2-7(5)17-9(11,12)13/h2-3H,1H3. The van der Waals surface area contributed by atoms with Crippen LogP contribution in [0.5, 0.6) is 5.75 Å². The molecule has 9 heteroatoms. The molecule has 1 aromatic carbocycles. The van der Waals surface area contributed by atoms with Crippen LogP contribution >= 0.6 is 10.7 Å². The first kappa shape index (κ1) is 14.6.